The molecule has 1 saturated carbocycles. The maximum absolute atomic E-state index is 6.58. The number of benzene rings is 1. The van der Waals surface area contributed by atoms with Gasteiger partial charge in [0.25, 0.3) is 0 Å². The zero-order valence-electron chi connectivity index (χ0n) is 21.5. The first-order valence-corrected chi connectivity index (χ1v) is 13.1. The van der Waals surface area contributed by atoms with Gasteiger partial charge in [0, 0.05) is 29.8 Å². The molecule has 1 spiro atoms. The number of hydrogen-bond donors (Lipinski definition) is 0. The van der Waals surface area contributed by atoms with Crippen LogP contribution in [0.5, 0.6) is 0 Å². The van der Waals surface area contributed by atoms with Crippen molar-refractivity contribution in [2.24, 2.45) is 5.41 Å². The molecule has 0 amide bonds. The van der Waals surface area contributed by atoms with Crippen LogP contribution >= 0.6 is 0 Å². The molecular weight excluding hydrogens is 414 g/mol. The van der Waals surface area contributed by atoms with E-state index in [1.807, 2.05) is 6.07 Å². The van der Waals surface area contributed by atoms with Crippen LogP contribution in [0, 0.1) is 5.41 Å². The Hall–Kier alpha value is -0.980. The summed E-state index contributed by atoms with van der Waals surface area (Å²) in [5.74, 6) is -0.537. The van der Waals surface area contributed by atoms with Crippen LogP contribution in [-0.2, 0) is 19.0 Å². The van der Waals surface area contributed by atoms with Crippen molar-refractivity contribution in [1.82, 2.24) is 5.06 Å². The molecule has 0 aromatic heterocycles. The molecule has 0 radical (unpaired) electrons. The molecule has 5 nitrogen and oxygen atoms in total. The third-order valence-corrected chi connectivity index (χ3v) is 7.78. The third-order valence-electron chi connectivity index (χ3n) is 7.78. The van der Waals surface area contributed by atoms with Crippen molar-refractivity contribution < 1.29 is 19.0 Å². The Kier molecular flexibility index (Phi) is 7.86. The predicted octanol–water partition coefficient (Wildman–Crippen LogP) is 6.43. The molecule has 2 heterocycles. The maximum atomic E-state index is 6.58. The van der Waals surface area contributed by atoms with Crippen molar-refractivity contribution in [2.75, 3.05) is 19.8 Å². The fourth-order valence-corrected chi connectivity index (χ4v) is 5.79. The molecule has 33 heavy (non-hydrogen) atoms. The minimum Gasteiger partial charge on any atom is -0.377 e. The average Bonchev–Trinajstić information content (AvgIpc) is 2.82. The summed E-state index contributed by atoms with van der Waals surface area (Å²) in [6.45, 7) is 13.2. The summed E-state index contributed by atoms with van der Waals surface area (Å²) in [6.07, 6.45) is 9.37. The fraction of sp³-hybridized carbons (Fsp3) is 0.786. The van der Waals surface area contributed by atoms with Gasteiger partial charge < -0.3 is 14.2 Å². The quantitative estimate of drug-likeness (QED) is 0.470. The second-order valence-corrected chi connectivity index (χ2v) is 11.6. The lowest BCUT2D eigenvalue weighted by atomic mass is 9.81. The fourth-order valence-electron chi connectivity index (χ4n) is 5.79. The van der Waals surface area contributed by atoms with E-state index in [1.165, 1.54) is 37.7 Å². The molecule has 3 fully saturated rings. The van der Waals surface area contributed by atoms with E-state index in [0.29, 0.717) is 19.3 Å². The molecule has 5 heteroatoms. The van der Waals surface area contributed by atoms with E-state index < -0.39 is 5.79 Å². The van der Waals surface area contributed by atoms with E-state index >= 15 is 0 Å². The summed E-state index contributed by atoms with van der Waals surface area (Å²) in [5, 5.41) is 2.22. The van der Waals surface area contributed by atoms with Crippen LogP contribution in [0.15, 0.2) is 30.3 Å². The first-order chi connectivity index (χ1) is 15.7. The zero-order valence-corrected chi connectivity index (χ0v) is 21.5. The molecular formula is C28H45NO4. The normalized spacial score (nSPS) is 34.4. The summed E-state index contributed by atoms with van der Waals surface area (Å²) in [4.78, 5) is 6.58. The van der Waals surface area contributed by atoms with E-state index in [4.69, 9.17) is 19.0 Å². The minimum absolute atomic E-state index is 0.00185. The summed E-state index contributed by atoms with van der Waals surface area (Å²) >= 11 is 0. The van der Waals surface area contributed by atoms with Crippen molar-refractivity contribution in [3.05, 3.63) is 35.9 Å². The van der Waals surface area contributed by atoms with Crippen LogP contribution in [0.25, 0.3) is 0 Å². The SMILES string of the molecule is CCC1CC2(CC(C)(C)N1OC(C)c1ccccc1)OCC(C)(COC1CCCCC1)CO2. The smallest absolute Gasteiger partial charge is 0.171 e. The number of hydrogen-bond acceptors (Lipinski definition) is 5. The molecule has 1 aliphatic carbocycles. The van der Waals surface area contributed by atoms with Crippen LogP contribution in [-0.4, -0.2) is 48.4 Å². The highest BCUT2D eigenvalue weighted by Gasteiger charge is 2.54. The molecule has 2 saturated heterocycles. The van der Waals surface area contributed by atoms with E-state index in [1.54, 1.807) is 0 Å². The number of hydroxylamine groups is 2. The Labute approximate surface area is 201 Å². The van der Waals surface area contributed by atoms with Gasteiger partial charge in [0.2, 0.25) is 0 Å². The summed E-state index contributed by atoms with van der Waals surface area (Å²) in [7, 11) is 0. The Morgan fingerprint density at radius 3 is 2.33 bits per heavy atom. The van der Waals surface area contributed by atoms with E-state index in [9.17, 15) is 0 Å². The van der Waals surface area contributed by atoms with Gasteiger partial charge in [0.05, 0.1) is 25.9 Å². The summed E-state index contributed by atoms with van der Waals surface area (Å²) < 4.78 is 19.5. The molecule has 186 valence electrons. The molecule has 0 bridgehead atoms. The third kappa shape index (κ3) is 5.99. The lowest BCUT2D eigenvalue weighted by Gasteiger charge is -2.56. The number of ether oxygens (including phenoxy) is 3. The largest absolute Gasteiger partial charge is 0.377 e. The lowest BCUT2D eigenvalue weighted by Crippen LogP contribution is -2.64. The van der Waals surface area contributed by atoms with Gasteiger partial charge >= 0.3 is 0 Å². The molecule has 2 unspecified atom stereocenters. The van der Waals surface area contributed by atoms with Gasteiger partial charge in [-0.15, -0.1) is 0 Å². The molecule has 4 rings (SSSR count). The molecule has 2 aliphatic heterocycles. The second kappa shape index (κ2) is 10.3. The highest BCUT2D eigenvalue weighted by atomic mass is 16.7. The van der Waals surface area contributed by atoms with Gasteiger partial charge in [-0.3, -0.25) is 4.84 Å². The maximum Gasteiger partial charge on any atom is 0.171 e. The molecule has 3 aliphatic rings. The highest BCUT2D eigenvalue weighted by molar-refractivity contribution is 5.16. The van der Waals surface area contributed by atoms with Gasteiger partial charge in [-0.25, -0.2) is 0 Å². The summed E-state index contributed by atoms with van der Waals surface area (Å²) in [6, 6.07) is 10.7. The van der Waals surface area contributed by atoms with Crippen molar-refractivity contribution >= 4 is 0 Å². The average molecular weight is 460 g/mol. The Balaban J connectivity index is 1.37. The molecule has 2 atom stereocenters. The molecule has 1 aromatic carbocycles. The van der Waals surface area contributed by atoms with Gasteiger partial charge in [-0.1, -0.05) is 63.4 Å². The topological polar surface area (TPSA) is 40.2 Å². The lowest BCUT2D eigenvalue weighted by molar-refractivity contribution is -0.376. The Morgan fingerprint density at radius 2 is 1.70 bits per heavy atom. The van der Waals surface area contributed by atoms with E-state index in [0.717, 1.165) is 25.9 Å². The molecule has 0 N–H and O–H groups in total. The van der Waals surface area contributed by atoms with Crippen LogP contribution in [0.1, 0.15) is 97.7 Å². The van der Waals surface area contributed by atoms with Gasteiger partial charge in [-0.05, 0) is 45.6 Å². The minimum atomic E-state index is -0.537. The van der Waals surface area contributed by atoms with Crippen molar-refractivity contribution in [1.29, 1.82) is 0 Å². The van der Waals surface area contributed by atoms with Crippen molar-refractivity contribution in [3.8, 4) is 0 Å². The van der Waals surface area contributed by atoms with Gasteiger partial charge in [-0.2, -0.15) is 5.06 Å². The first kappa shape index (κ1) is 25.1. The van der Waals surface area contributed by atoms with E-state index in [2.05, 4.69) is 63.9 Å². The van der Waals surface area contributed by atoms with E-state index in [-0.39, 0.29) is 23.1 Å². The van der Waals surface area contributed by atoms with Crippen molar-refractivity contribution in [3.63, 3.8) is 0 Å². The predicted molar refractivity (Wildman–Crippen MR) is 131 cm³/mol. The van der Waals surface area contributed by atoms with Crippen LogP contribution in [0.2, 0.25) is 0 Å². The van der Waals surface area contributed by atoms with Crippen molar-refractivity contribution in [2.45, 2.75) is 116 Å². The monoisotopic (exact) mass is 459 g/mol. The standard InChI is InChI=1S/C28H45NO4/c1-6-24-17-28(18-26(3,4)29(24)33-22(2)23-13-9-7-10-14-23)31-20-27(5,21-32-28)19-30-25-15-11-8-12-16-25/h7,9-10,13-14,22,24-25H,6,8,11-12,15-21H2,1-5H3. The Morgan fingerprint density at radius 1 is 1.03 bits per heavy atom. The number of piperidine rings is 1. The number of rotatable bonds is 7. The van der Waals surface area contributed by atoms with Gasteiger partial charge in [0.1, 0.15) is 6.10 Å². The second-order valence-electron chi connectivity index (χ2n) is 11.6. The van der Waals surface area contributed by atoms with Crippen LogP contribution in [0.3, 0.4) is 0 Å². The zero-order chi connectivity index (χ0) is 23.5. The first-order valence-electron chi connectivity index (χ1n) is 13.1. The van der Waals surface area contributed by atoms with Gasteiger partial charge in [0.15, 0.2) is 5.79 Å². The Bertz CT molecular complexity index is 738. The van der Waals surface area contributed by atoms with Crippen LogP contribution in [0.4, 0.5) is 0 Å². The molecule has 1 aromatic rings. The van der Waals surface area contributed by atoms with Crippen LogP contribution < -0.4 is 0 Å². The summed E-state index contributed by atoms with van der Waals surface area (Å²) in [5.41, 5.74) is 0.917. The number of nitrogens with zero attached hydrogens (tertiary/aromatic N) is 1. The highest BCUT2D eigenvalue weighted by Crippen LogP contribution is 2.46.